The number of rotatable bonds is 6. The number of thioether (sulfide) groups is 2. The minimum Gasteiger partial charge on any atom is -0.337 e. The molecule has 1 saturated carbocycles. The van der Waals surface area contributed by atoms with Gasteiger partial charge in [-0.3, -0.25) is 4.79 Å². The van der Waals surface area contributed by atoms with Gasteiger partial charge in [-0.15, -0.1) is 11.8 Å². The number of aldehydes is 1. The number of hydrogen-bond acceptors (Lipinski definition) is 4. The molecule has 0 saturated heterocycles. The Kier molecular flexibility index (Phi) is 6.47. The maximum Gasteiger partial charge on any atom is 0.279 e. The molecule has 0 bridgehead atoms. The Morgan fingerprint density at radius 2 is 2.00 bits per heavy atom. The number of carbonyl (C=O) groups is 2. The summed E-state index contributed by atoms with van der Waals surface area (Å²) >= 11 is 2.94. The number of amides is 1. The van der Waals surface area contributed by atoms with Crippen molar-refractivity contribution < 1.29 is 9.59 Å². The minimum atomic E-state index is -0.415. The van der Waals surface area contributed by atoms with Crippen LogP contribution >= 0.6 is 23.5 Å². The molecule has 0 heterocycles. The van der Waals surface area contributed by atoms with Crippen molar-refractivity contribution >= 4 is 35.0 Å². The lowest BCUT2D eigenvalue weighted by Gasteiger charge is -2.14. The number of benzene rings is 1. The molecule has 1 N–H and O–H groups in total. The molecule has 1 amide bonds. The van der Waals surface area contributed by atoms with Crippen molar-refractivity contribution in [1.29, 1.82) is 0 Å². The van der Waals surface area contributed by atoms with E-state index >= 15 is 0 Å². The summed E-state index contributed by atoms with van der Waals surface area (Å²) < 4.78 is 0. The highest BCUT2D eigenvalue weighted by molar-refractivity contribution is 8.14. The zero-order valence-corrected chi connectivity index (χ0v) is 12.9. The number of carbonyl (C=O) groups excluding carboxylic acids is 2. The van der Waals surface area contributed by atoms with Crippen LogP contribution in [-0.2, 0) is 4.79 Å². The van der Waals surface area contributed by atoms with Gasteiger partial charge < -0.3 is 10.1 Å². The molecule has 0 radical (unpaired) electrons. The van der Waals surface area contributed by atoms with E-state index in [1.807, 2.05) is 30.3 Å². The van der Waals surface area contributed by atoms with E-state index < -0.39 is 6.04 Å². The first kappa shape index (κ1) is 15.4. The highest BCUT2D eigenvalue weighted by atomic mass is 32.2. The van der Waals surface area contributed by atoms with Gasteiger partial charge in [-0.25, -0.2) is 0 Å². The third-order valence-electron chi connectivity index (χ3n) is 3.22. The van der Waals surface area contributed by atoms with Crippen LogP contribution in [0.25, 0.3) is 0 Å². The second-order valence-electron chi connectivity index (χ2n) is 4.82. The van der Waals surface area contributed by atoms with E-state index in [1.165, 1.54) is 24.6 Å². The fourth-order valence-electron chi connectivity index (χ4n) is 2.16. The van der Waals surface area contributed by atoms with Crippen LogP contribution in [0.15, 0.2) is 35.2 Å². The van der Waals surface area contributed by atoms with E-state index in [-0.39, 0.29) is 5.24 Å². The van der Waals surface area contributed by atoms with Gasteiger partial charge in [0.05, 0.1) is 6.04 Å². The molecule has 1 aliphatic rings. The standard InChI is InChI=1S/C15H19NO2S2/c17-10-12(11-19-13-6-2-1-3-7-13)16-15(18)20-14-8-4-5-9-14/h1-3,6-7,10,12,14H,4-5,8-9,11H2,(H,16,18). The molecular formula is C15H19NO2S2. The Hall–Kier alpha value is -0.940. The van der Waals surface area contributed by atoms with Crippen LogP contribution in [0, 0.1) is 0 Å². The minimum absolute atomic E-state index is 0.0670. The van der Waals surface area contributed by atoms with Gasteiger partial charge >= 0.3 is 0 Å². The first-order valence-corrected chi connectivity index (χ1v) is 8.75. The molecule has 1 unspecified atom stereocenters. The predicted octanol–water partition coefficient (Wildman–Crippen LogP) is 3.73. The van der Waals surface area contributed by atoms with E-state index in [9.17, 15) is 9.59 Å². The van der Waals surface area contributed by atoms with Crippen molar-refractivity contribution in [3.05, 3.63) is 30.3 Å². The van der Waals surface area contributed by atoms with Gasteiger partial charge in [0.2, 0.25) is 0 Å². The molecule has 1 atom stereocenters. The summed E-state index contributed by atoms with van der Waals surface area (Å²) in [6.45, 7) is 0. The van der Waals surface area contributed by atoms with Crippen LogP contribution in [-0.4, -0.2) is 28.6 Å². The molecule has 0 aromatic heterocycles. The summed E-state index contributed by atoms with van der Waals surface area (Å²) in [5, 5.41) is 3.17. The van der Waals surface area contributed by atoms with E-state index in [2.05, 4.69) is 5.32 Å². The van der Waals surface area contributed by atoms with Crippen LogP contribution in [0.5, 0.6) is 0 Å². The molecule has 0 aliphatic heterocycles. The van der Waals surface area contributed by atoms with Gasteiger partial charge in [0.1, 0.15) is 6.29 Å². The van der Waals surface area contributed by atoms with Gasteiger partial charge in [0.15, 0.2) is 0 Å². The van der Waals surface area contributed by atoms with Gasteiger partial charge in [0.25, 0.3) is 5.24 Å². The SMILES string of the molecule is O=CC(CSc1ccccc1)NC(=O)SC1CCCC1. The Labute approximate surface area is 128 Å². The highest BCUT2D eigenvalue weighted by Crippen LogP contribution is 2.29. The van der Waals surface area contributed by atoms with Crippen molar-refractivity contribution in [3.8, 4) is 0 Å². The van der Waals surface area contributed by atoms with Gasteiger partial charge in [-0.05, 0) is 25.0 Å². The molecule has 5 heteroatoms. The van der Waals surface area contributed by atoms with Crippen LogP contribution in [0.4, 0.5) is 4.79 Å². The Morgan fingerprint density at radius 3 is 2.65 bits per heavy atom. The second kappa shape index (κ2) is 8.37. The molecule has 1 fully saturated rings. The van der Waals surface area contributed by atoms with Gasteiger partial charge in [0, 0.05) is 15.9 Å². The van der Waals surface area contributed by atoms with Gasteiger partial charge in [-0.2, -0.15) is 0 Å². The monoisotopic (exact) mass is 309 g/mol. The number of hydrogen-bond donors (Lipinski definition) is 1. The molecule has 1 aromatic carbocycles. The fourth-order valence-corrected chi connectivity index (χ4v) is 4.14. The summed E-state index contributed by atoms with van der Waals surface area (Å²) in [6, 6.07) is 9.48. The van der Waals surface area contributed by atoms with Crippen molar-refractivity contribution in [2.24, 2.45) is 0 Å². The summed E-state index contributed by atoms with van der Waals surface area (Å²) in [7, 11) is 0. The first-order chi connectivity index (χ1) is 9.78. The lowest BCUT2D eigenvalue weighted by atomic mass is 10.4. The van der Waals surface area contributed by atoms with E-state index in [0.29, 0.717) is 11.0 Å². The largest absolute Gasteiger partial charge is 0.337 e. The Balaban J connectivity index is 1.73. The first-order valence-electron chi connectivity index (χ1n) is 6.88. The lowest BCUT2D eigenvalue weighted by Crippen LogP contribution is -2.36. The van der Waals surface area contributed by atoms with Crippen molar-refractivity contribution in [2.45, 2.75) is 41.9 Å². The topological polar surface area (TPSA) is 46.2 Å². The quantitative estimate of drug-likeness (QED) is 0.642. The number of nitrogens with one attached hydrogen (secondary N) is 1. The van der Waals surface area contributed by atoms with Crippen molar-refractivity contribution in [2.75, 3.05) is 5.75 Å². The maximum atomic E-state index is 11.9. The van der Waals surface area contributed by atoms with Gasteiger partial charge in [-0.1, -0.05) is 42.8 Å². The molecule has 20 heavy (non-hydrogen) atoms. The summed E-state index contributed by atoms with van der Waals surface area (Å²) in [5.74, 6) is 0.574. The molecular weight excluding hydrogens is 290 g/mol. The summed E-state index contributed by atoms with van der Waals surface area (Å²) in [4.78, 5) is 24.0. The average Bonchev–Trinajstić information content (AvgIpc) is 2.97. The van der Waals surface area contributed by atoms with E-state index in [0.717, 1.165) is 24.0 Å². The normalized spacial score (nSPS) is 16.8. The van der Waals surface area contributed by atoms with Crippen LogP contribution in [0.1, 0.15) is 25.7 Å². The fraction of sp³-hybridized carbons (Fsp3) is 0.467. The molecule has 0 spiro atoms. The summed E-state index contributed by atoms with van der Waals surface area (Å²) in [5.41, 5.74) is 0. The predicted molar refractivity (Wildman–Crippen MR) is 85.4 cm³/mol. The van der Waals surface area contributed by atoms with Crippen molar-refractivity contribution in [3.63, 3.8) is 0 Å². The van der Waals surface area contributed by atoms with E-state index in [1.54, 1.807) is 11.8 Å². The third kappa shape index (κ3) is 5.21. The Bertz CT molecular complexity index is 433. The lowest BCUT2D eigenvalue weighted by molar-refractivity contribution is -0.108. The molecule has 1 aliphatic carbocycles. The zero-order chi connectivity index (χ0) is 14.2. The van der Waals surface area contributed by atoms with Crippen LogP contribution in [0.3, 0.4) is 0 Å². The summed E-state index contributed by atoms with van der Waals surface area (Å²) in [6.07, 6.45) is 5.48. The second-order valence-corrected chi connectivity index (χ2v) is 7.19. The average molecular weight is 309 g/mol. The third-order valence-corrected chi connectivity index (χ3v) is 5.48. The maximum absolute atomic E-state index is 11.9. The smallest absolute Gasteiger partial charge is 0.279 e. The van der Waals surface area contributed by atoms with E-state index in [4.69, 9.17) is 0 Å². The Morgan fingerprint density at radius 1 is 1.30 bits per heavy atom. The molecule has 1 aromatic rings. The van der Waals surface area contributed by atoms with Crippen LogP contribution < -0.4 is 5.32 Å². The molecule has 108 valence electrons. The van der Waals surface area contributed by atoms with Crippen LogP contribution in [0.2, 0.25) is 0 Å². The van der Waals surface area contributed by atoms with Crippen molar-refractivity contribution in [1.82, 2.24) is 5.32 Å². The molecule has 2 rings (SSSR count). The zero-order valence-electron chi connectivity index (χ0n) is 11.3. The highest BCUT2D eigenvalue weighted by Gasteiger charge is 2.20. The molecule has 3 nitrogen and oxygen atoms in total.